The van der Waals surface area contributed by atoms with Crippen molar-refractivity contribution in [1.82, 2.24) is 5.43 Å². The lowest BCUT2D eigenvalue weighted by Gasteiger charge is -2.14. The number of nitrogens with one attached hydrogen (secondary N) is 1. The van der Waals surface area contributed by atoms with Gasteiger partial charge in [0.2, 0.25) is 11.7 Å². The summed E-state index contributed by atoms with van der Waals surface area (Å²) in [6.07, 6.45) is 0.108. The summed E-state index contributed by atoms with van der Waals surface area (Å²) >= 11 is 0. The molecule has 0 aromatic heterocycles. The predicted octanol–water partition coefficient (Wildman–Crippen LogP) is 1.50. The third kappa shape index (κ3) is 3.99. The summed E-state index contributed by atoms with van der Waals surface area (Å²) in [6.45, 7) is 1.66. The first-order chi connectivity index (χ1) is 8.04. The van der Waals surface area contributed by atoms with Gasteiger partial charge in [-0.1, -0.05) is 6.07 Å². The van der Waals surface area contributed by atoms with Gasteiger partial charge in [0, 0.05) is 6.42 Å². The number of hydrogen-bond acceptors (Lipinski definition) is 3. The average molecular weight is 244 g/mol. The molecule has 1 amide bonds. The highest BCUT2D eigenvalue weighted by Gasteiger charge is 2.12. The van der Waals surface area contributed by atoms with Gasteiger partial charge in [0.25, 0.3) is 0 Å². The van der Waals surface area contributed by atoms with Crippen molar-refractivity contribution in [3.05, 3.63) is 29.8 Å². The zero-order chi connectivity index (χ0) is 12.8. The Bertz CT molecular complexity index is 399. The average Bonchev–Trinajstić information content (AvgIpc) is 2.32. The highest BCUT2D eigenvalue weighted by Crippen LogP contribution is 2.21. The Kier molecular flexibility index (Phi) is 4.84. The molecule has 1 aromatic rings. The van der Waals surface area contributed by atoms with Gasteiger partial charge in [0.05, 0.1) is 6.10 Å². The lowest BCUT2D eigenvalue weighted by molar-refractivity contribution is -0.121. The molecule has 3 N–H and O–H groups in total. The monoisotopic (exact) mass is 244 g/mol. The van der Waals surface area contributed by atoms with Crippen LogP contribution in [0.2, 0.25) is 0 Å². The van der Waals surface area contributed by atoms with Crippen molar-refractivity contribution in [2.24, 2.45) is 5.84 Å². The highest BCUT2D eigenvalue weighted by atomic mass is 19.2. The van der Waals surface area contributed by atoms with E-state index in [0.29, 0.717) is 6.42 Å². The van der Waals surface area contributed by atoms with E-state index in [-0.39, 0.29) is 18.1 Å². The minimum atomic E-state index is -1.03. The highest BCUT2D eigenvalue weighted by molar-refractivity contribution is 5.75. The third-order valence-electron chi connectivity index (χ3n) is 2.18. The molecule has 0 aliphatic rings. The summed E-state index contributed by atoms with van der Waals surface area (Å²) in [7, 11) is 0. The lowest BCUT2D eigenvalue weighted by Crippen LogP contribution is -2.30. The molecule has 6 heteroatoms. The summed E-state index contributed by atoms with van der Waals surface area (Å²) in [5.41, 5.74) is 1.98. The van der Waals surface area contributed by atoms with Crippen molar-refractivity contribution < 1.29 is 18.3 Å². The molecular weight excluding hydrogens is 230 g/mol. The van der Waals surface area contributed by atoms with Crippen LogP contribution >= 0.6 is 0 Å². The predicted molar refractivity (Wildman–Crippen MR) is 58.0 cm³/mol. The number of carbonyl (C=O) groups is 1. The molecule has 94 valence electrons. The SMILES string of the molecule is CC(CCC(=O)NN)Oc1cccc(F)c1F. The van der Waals surface area contributed by atoms with Crippen LogP contribution in [0.25, 0.3) is 0 Å². The standard InChI is InChI=1S/C11H14F2N2O2/c1-7(5-6-10(16)15-14)17-9-4-2-3-8(12)11(9)13/h2-4,7H,5-6,14H2,1H3,(H,15,16). The van der Waals surface area contributed by atoms with Crippen molar-refractivity contribution in [2.45, 2.75) is 25.9 Å². The largest absolute Gasteiger partial charge is 0.488 e. The molecule has 0 bridgehead atoms. The summed E-state index contributed by atoms with van der Waals surface area (Å²) in [5, 5.41) is 0. The van der Waals surface area contributed by atoms with Crippen LogP contribution in [0.4, 0.5) is 8.78 Å². The number of amides is 1. The van der Waals surface area contributed by atoms with E-state index < -0.39 is 17.7 Å². The summed E-state index contributed by atoms with van der Waals surface area (Å²) in [4.78, 5) is 10.9. The molecular formula is C11H14F2N2O2. The molecule has 1 rings (SSSR count). The van der Waals surface area contributed by atoms with E-state index in [9.17, 15) is 13.6 Å². The molecule has 4 nitrogen and oxygen atoms in total. The number of halogens is 2. The van der Waals surface area contributed by atoms with Gasteiger partial charge in [-0.25, -0.2) is 10.2 Å². The second kappa shape index (κ2) is 6.15. The van der Waals surface area contributed by atoms with Crippen molar-refractivity contribution in [2.75, 3.05) is 0 Å². The Morgan fingerprint density at radius 1 is 1.53 bits per heavy atom. The maximum Gasteiger partial charge on any atom is 0.234 e. The van der Waals surface area contributed by atoms with Crippen LogP contribution < -0.4 is 16.0 Å². The van der Waals surface area contributed by atoms with Crippen LogP contribution in [0.3, 0.4) is 0 Å². The van der Waals surface area contributed by atoms with Crippen molar-refractivity contribution in [1.29, 1.82) is 0 Å². The van der Waals surface area contributed by atoms with Gasteiger partial charge in [-0.3, -0.25) is 10.2 Å². The quantitative estimate of drug-likeness (QED) is 0.468. The summed E-state index contributed by atoms with van der Waals surface area (Å²) < 4.78 is 31.3. The number of ether oxygens (including phenoxy) is 1. The Morgan fingerprint density at radius 3 is 2.88 bits per heavy atom. The van der Waals surface area contributed by atoms with E-state index in [2.05, 4.69) is 0 Å². The second-order valence-corrected chi connectivity index (χ2v) is 3.59. The van der Waals surface area contributed by atoms with E-state index in [1.807, 2.05) is 5.43 Å². The summed E-state index contributed by atoms with van der Waals surface area (Å²) in [6, 6.07) is 3.69. The minimum Gasteiger partial charge on any atom is -0.488 e. The molecule has 0 heterocycles. The molecule has 1 unspecified atom stereocenters. The smallest absolute Gasteiger partial charge is 0.234 e. The van der Waals surface area contributed by atoms with Crippen molar-refractivity contribution in [3.8, 4) is 5.75 Å². The van der Waals surface area contributed by atoms with Gasteiger partial charge in [0.1, 0.15) is 0 Å². The number of carbonyl (C=O) groups excluding carboxylic acids is 1. The maximum absolute atomic E-state index is 13.2. The zero-order valence-electron chi connectivity index (χ0n) is 9.37. The first kappa shape index (κ1) is 13.4. The van der Waals surface area contributed by atoms with Gasteiger partial charge < -0.3 is 4.74 Å². The topological polar surface area (TPSA) is 64.4 Å². The number of nitrogens with two attached hydrogens (primary N) is 1. The van der Waals surface area contributed by atoms with Crippen LogP contribution in [-0.2, 0) is 4.79 Å². The van der Waals surface area contributed by atoms with Crippen molar-refractivity contribution >= 4 is 5.91 Å². The van der Waals surface area contributed by atoms with Crippen LogP contribution in [0.5, 0.6) is 5.75 Å². The first-order valence-corrected chi connectivity index (χ1v) is 5.14. The molecule has 0 saturated heterocycles. The molecule has 1 aromatic carbocycles. The van der Waals surface area contributed by atoms with Crippen LogP contribution in [0, 0.1) is 11.6 Å². The molecule has 0 aliphatic heterocycles. The van der Waals surface area contributed by atoms with Gasteiger partial charge in [-0.15, -0.1) is 0 Å². The molecule has 0 radical (unpaired) electrons. The van der Waals surface area contributed by atoms with Gasteiger partial charge in [-0.2, -0.15) is 4.39 Å². The van der Waals surface area contributed by atoms with Crippen LogP contribution in [-0.4, -0.2) is 12.0 Å². The number of hydrogen-bond donors (Lipinski definition) is 2. The van der Waals surface area contributed by atoms with E-state index in [0.717, 1.165) is 6.07 Å². The Labute approximate surface area is 97.7 Å². The second-order valence-electron chi connectivity index (χ2n) is 3.59. The van der Waals surface area contributed by atoms with Gasteiger partial charge in [-0.05, 0) is 25.5 Å². The fourth-order valence-electron chi connectivity index (χ4n) is 1.26. The number of benzene rings is 1. The zero-order valence-corrected chi connectivity index (χ0v) is 9.37. The molecule has 1 atom stereocenters. The van der Waals surface area contributed by atoms with E-state index in [1.165, 1.54) is 12.1 Å². The normalized spacial score (nSPS) is 12.0. The third-order valence-corrected chi connectivity index (χ3v) is 2.18. The molecule has 0 saturated carbocycles. The summed E-state index contributed by atoms with van der Waals surface area (Å²) in [5.74, 6) is 2.42. The Balaban J connectivity index is 2.53. The molecule has 17 heavy (non-hydrogen) atoms. The fourth-order valence-corrected chi connectivity index (χ4v) is 1.26. The van der Waals surface area contributed by atoms with E-state index in [1.54, 1.807) is 6.92 Å². The number of hydrazine groups is 1. The van der Waals surface area contributed by atoms with Gasteiger partial charge in [0.15, 0.2) is 11.6 Å². The van der Waals surface area contributed by atoms with Gasteiger partial charge >= 0.3 is 0 Å². The minimum absolute atomic E-state index is 0.161. The van der Waals surface area contributed by atoms with Crippen molar-refractivity contribution in [3.63, 3.8) is 0 Å². The van der Waals surface area contributed by atoms with E-state index >= 15 is 0 Å². The van der Waals surface area contributed by atoms with Crippen LogP contribution in [0.15, 0.2) is 18.2 Å². The van der Waals surface area contributed by atoms with Crippen LogP contribution in [0.1, 0.15) is 19.8 Å². The first-order valence-electron chi connectivity index (χ1n) is 5.14. The maximum atomic E-state index is 13.2. The molecule has 0 spiro atoms. The molecule has 0 fully saturated rings. The molecule has 0 aliphatic carbocycles. The number of rotatable bonds is 5. The fraction of sp³-hybridized carbons (Fsp3) is 0.364. The Morgan fingerprint density at radius 2 is 2.24 bits per heavy atom. The Hall–Kier alpha value is -1.69. The lowest BCUT2D eigenvalue weighted by atomic mass is 10.2. The van der Waals surface area contributed by atoms with E-state index in [4.69, 9.17) is 10.6 Å².